The van der Waals surface area contributed by atoms with E-state index in [0.717, 1.165) is 17.8 Å². The minimum absolute atomic E-state index is 0.00772. The Balaban J connectivity index is 2.04. The third-order valence-corrected chi connectivity index (χ3v) is 3.99. The van der Waals surface area contributed by atoms with E-state index < -0.39 is 0 Å². The van der Waals surface area contributed by atoms with E-state index in [9.17, 15) is 9.59 Å². The molecular formula is C12H16N2O3S. The molecule has 0 spiro atoms. The summed E-state index contributed by atoms with van der Waals surface area (Å²) in [5, 5.41) is 3.23. The highest BCUT2D eigenvalue weighted by Crippen LogP contribution is 2.38. The highest BCUT2D eigenvalue weighted by molar-refractivity contribution is 7.17. The molecule has 1 aliphatic carbocycles. The molecule has 2 rings (SSSR count). The maximum atomic E-state index is 11.7. The molecule has 5 nitrogen and oxygen atoms in total. The Kier molecular flexibility index (Phi) is 3.65. The fourth-order valence-corrected chi connectivity index (χ4v) is 2.58. The summed E-state index contributed by atoms with van der Waals surface area (Å²) < 4.78 is 4.92. The Morgan fingerprint density at radius 2 is 2.22 bits per heavy atom. The highest BCUT2D eigenvalue weighted by Gasteiger charge is 2.39. The summed E-state index contributed by atoms with van der Waals surface area (Å²) in [5.41, 5.74) is 0.595. The van der Waals surface area contributed by atoms with Gasteiger partial charge in [0.1, 0.15) is 4.88 Å². The van der Waals surface area contributed by atoms with E-state index in [1.165, 1.54) is 0 Å². The smallest absolute Gasteiger partial charge is 0.350 e. The molecule has 1 N–H and O–H groups in total. The SMILES string of the molecule is CCOC(=O)c1sc(NC(=O)[C@H]2C[C@@H]2C)nc1C. The fraction of sp³-hybridized carbons (Fsp3) is 0.583. The van der Waals surface area contributed by atoms with Crippen LogP contribution in [-0.2, 0) is 9.53 Å². The first kappa shape index (κ1) is 13.0. The molecule has 0 aromatic carbocycles. The van der Waals surface area contributed by atoms with E-state index in [2.05, 4.69) is 10.3 Å². The van der Waals surface area contributed by atoms with Crippen LogP contribution >= 0.6 is 11.3 Å². The molecule has 0 unspecified atom stereocenters. The molecular weight excluding hydrogens is 252 g/mol. The van der Waals surface area contributed by atoms with Crippen LogP contribution in [0.5, 0.6) is 0 Å². The Bertz CT molecular complexity index is 484. The molecule has 1 aromatic heterocycles. The summed E-state index contributed by atoms with van der Waals surface area (Å²) in [6.45, 7) is 5.86. The molecule has 1 saturated carbocycles. The first-order valence-corrected chi connectivity index (χ1v) is 6.80. The van der Waals surface area contributed by atoms with E-state index in [-0.39, 0.29) is 17.8 Å². The zero-order chi connectivity index (χ0) is 13.3. The predicted molar refractivity (Wildman–Crippen MR) is 68.7 cm³/mol. The van der Waals surface area contributed by atoms with Crippen LogP contribution in [-0.4, -0.2) is 23.5 Å². The van der Waals surface area contributed by atoms with Crippen molar-refractivity contribution in [3.63, 3.8) is 0 Å². The normalized spacial score (nSPS) is 21.5. The van der Waals surface area contributed by atoms with Crippen molar-refractivity contribution in [2.75, 3.05) is 11.9 Å². The molecule has 6 heteroatoms. The third-order valence-electron chi connectivity index (χ3n) is 2.93. The highest BCUT2D eigenvalue weighted by atomic mass is 32.1. The number of aryl methyl sites for hydroxylation is 1. The summed E-state index contributed by atoms with van der Waals surface area (Å²) in [7, 11) is 0. The lowest BCUT2D eigenvalue weighted by Gasteiger charge is -1.98. The molecule has 2 atom stereocenters. The second-order valence-corrected chi connectivity index (χ2v) is 5.46. The van der Waals surface area contributed by atoms with Gasteiger partial charge in [-0.25, -0.2) is 9.78 Å². The predicted octanol–water partition coefficient (Wildman–Crippen LogP) is 2.22. The summed E-state index contributed by atoms with van der Waals surface area (Å²) in [5.74, 6) is 0.162. The number of nitrogens with one attached hydrogen (secondary N) is 1. The van der Waals surface area contributed by atoms with E-state index in [1.54, 1.807) is 13.8 Å². The lowest BCUT2D eigenvalue weighted by molar-refractivity contribution is -0.117. The van der Waals surface area contributed by atoms with Crippen LogP contribution in [0.25, 0.3) is 0 Å². The van der Waals surface area contributed by atoms with Crippen molar-refractivity contribution in [1.29, 1.82) is 0 Å². The zero-order valence-corrected chi connectivity index (χ0v) is 11.5. The van der Waals surface area contributed by atoms with Crippen LogP contribution in [0.3, 0.4) is 0 Å². The quantitative estimate of drug-likeness (QED) is 0.850. The number of esters is 1. The van der Waals surface area contributed by atoms with Gasteiger partial charge in [0.05, 0.1) is 12.3 Å². The number of ether oxygens (including phenoxy) is 1. The van der Waals surface area contributed by atoms with Crippen molar-refractivity contribution in [1.82, 2.24) is 4.98 Å². The van der Waals surface area contributed by atoms with Gasteiger partial charge in [-0.15, -0.1) is 0 Å². The molecule has 1 aromatic rings. The van der Waals surface area contributed by atoms with Crippen molar-refractivity contribution in [3.8, 4) is 0 Å². The van der Waals surface area contributed by atoms with Crippen LogP contribution in [0.4, 0.5) is 5.13 Å². The second-order valence-electron chi connectivity index (χ2n) is 4.46. The standard InChI is InChI=1S/C12H16N2O3S/c1-4-17-11(16)9-7(3)13-12(18-9)14-10(15)8-5-6(8)2/h6,8H,4-5H2,1-3H3,(H,13,14,15)/t6-,8-/m0/s1. The van der Waals surface area contributed by atoms with Gasteiger partial charge in [-0.1, -0.05) is 18.3 Å². The van der Waals surface area contributed by atoms with Gasteiger partial charge in [0.25, 0.3) is 0 Å². The average molecular weight is 268 g/mol. The number of anilines is 1. The first-order chi connectivity index (χ1) is 8.52. The zero-order valence-electron chi connectivity index (χ0n) is 10.6. The lowest BCUT2D eigenvalue weighted by Crippen LogP contribution is -2.14. The molecule has 0 saturated heterocycles. The molecule has 1 fully saturated rings. The van der Waals surface area contributed by atoms with Crippen LogP contribution in [0, 0.1) is 18.8 Å². The fourth-order valence-electron chi connectivity index (χ4n) is 1.72. The van der Waals surface area contributed by atoms with Crippen molar-refractivity contribution in [2.45, 2.75) is 27.2 Å². The Labute approximate surface area is 110 Å². The number of hydrogen-bond acceptors (Lipinski definition) is 5. The van der Waals surface area contributed by atoms with Crippen molar-refractivity contribution < 1.29 is 14.3 Å². The number of nitrogens with zero attached hydrogens (tertiary/aromatic N) is 1. The third kappa shape index (κ3) is 2.69. The first-order valence-electron chi connectivity index (χ1n) is 5.98. The molecule has 1 amide bonds. The summed E-state index contributed by atoms with van der Waals surface area (Å²) in [4.78, 5) is 28.0. The van der Waals surface area contributed by atoms with Gasteiger partial charge in [0.15, 0.2) is 5.13 Å². The van der Waals surface area contributed by atoms with Crippen molar-refractivity contribution in [2.24, 2.45) is 11.8 Å². The Hall–Kier alpha value is -1.43. The Morgan fingerprint density at radius 1 is 1.56 bits per heavy atom. The van der Waals surface area contributed by atoms with Gasteiger partial charge in [0.2, 0.25) is 5.91 Å². The molecule has 1 heterocycles. The largest absolute Gasteiger partial charge is 0.462 e. The van der Waals surface area contributed by atoms with Gasteiger partial charge < -0.3 is 10.1 Å². The minimum Gasteiger partial charge on any atom is -0.462 e. The van der Waals surface area contributed by atoms with Gasteiger partial charge in [-0.3, -0.25) is 4.79 Å². The topological polar surface area (TPSA) is 68.3 Å². The van der Waals surface area contributed by atoms with Crippen LogP contribution in [0.1, 0.15) is 35.6 Å². The van der Waals surface area contributed by atoms with Crippen LogP contribution in [0.2, 0.25) is 0 Å². The molecule has 98 valence electrons. The summed E-state index contributed by atoms with van der Waals surface area (Å²) in [6, 6.07) is 0. The van der Waals surface area contributed by atoms with Gasteiger partial charge in [-0.05, 0) is 26.2 Å². The minimum atomic E-state index is -0.382. The number of carbonyl (C=O) groups excluding carboxylic acids is 2. The van der Waals surface area contributed by atoms with E-state index >= 15 is 0 Å². The number of amides is 1. The molecule has 18 heavy (non-hydrogen) atoms. The van der Waals surface area contributed by atoms with E-state index in [0.29, 0.717) is 28.2 Å². The van der Waals surface area contributed by atoms with Gasteiger partial charge in [-0.2, -0.15) is 0 Å². The maximum Gasteiger partial charge on any atom is 0.350 e. The number of carbonyl (C=O) groups is 2. The van der Waals surface area contributed by atoms with Crippen LogP contribution < -0.4 is 5.32 Å². The van der Waals surface area contributed by atoms with E-state index in [1.807, 2.05) is 6.92 Å². The van der Waals surface area contributed by atoms with Gasteiger partial charge in [0, 0.05) is 5.92 Å². The molecule has 0 aliphatic heterocycles. The maximum absolute atomic E-state index is 11.7. The van der Waals surface area contributed by atoms with Gasteiger partial charge >= 0.3 is 5.97 Å². The van der Waals surface area contributed by atoms with Crippen molar-refractivity contribution >= 4 is 28.3 Å². The second kappa shape index (κ2) is 5.06. The number of rotatable bonds is 4. The van der Waals surface area contributed by atoms with Crippen LogP contribution in [0.15, 0.2) is 0 Å². The summed E-state index contributed by atoms with van der Waals surface area (Å²) >= 11 is 1.16. The average Bonchev–Trinajstić information content (AvgIpc) is 2.92. The monoisotopic (exact) mass is 268 g/mol. The molecule has 0 bridgehead atoms. The number of hydrogen-bond donors (Lipinski definition) is 1. The number of thiazole rings is 1. The number of aromatic nitrogens is 1. The Morgan fingerprint density at radius 3 is 2.78 bits per heavy atom. The van der Waals surface area contributed by atoms with Crippen molar-refractivity contribution in [3.05, 3.63) is 10.6 Å². The molecule has 1 aliphatic rings. The summed E-state index contributed by atoms with van der Waals surface area (Å²) in [6.07, 6.45) is 0.931. The lowest BCUT2D eigenvalue weighted by atomic mass is 10.3. The van der Waals surface area contributed by atoms with E-state index in [4.69, 9.17) is 4.74 Å². The molecule has 0 radical (unpaired) electrons.